The van der Waals surface area contributed by atoms with Crippen LogP contribution in [0.25, 0.3) is 0 Å². The maximum absolute atomic E-state index is 10.7. The first-order chi connectivity index (χ1) is 9.24. The number of rotatable bonds is 7. The minimum Gasteiger partial charge on any atom is -0.494 e. The Morgan fingerprint density at radius 2 is 2.37 bits per heavy atom. The Bertz CT molecular complexity index is 570. The smallest absolute Gasteiger partial charge is 0.434 e. The van der Waals surface area contributed by atoms with Crippen LogP contribution in [0.5, 0.6) is 5.75 Å². The second-order valence-electron chi connectivity index (χ2n) is 3.72. The summed E-state index contributed by atoms with van der Waals surface area (Å²) in [7, 11) is 0. The molecule has 0 spiro atoms. The third kappa shape index (κ3) is 5.27. The van der Waals surface area contributed by atoms with Gasteiger partial charge in [0.2, 0.25) is 5.89 Å². The van der Waals surface area contributed by atoms with Gasteiger partial charge in [-0.25, -0.2) is 9.89 Å². The van der Waals surface area contributed by atoms with E-state index in [4.69, 9.17) is 9.15 Å². The molecule has 0 atom stereocenters. The van der Waals surface area contributed by atoms with Gasteiger partial charge in [0.1, 0.15) is 5.75 Å². The maximum atomic E-state index is 10.7. The molecule has 0 saturated heterocycles. The van der Waals surface area contributed by atoms with E-state index in [0.29, 0.717) is 18.3 Å². The van der Waals surface area contributed by atoms with Gasteiger partial charge in [0.15, 0.2) is 0 Å². The first kappa shape index (κ1) is 14.4. The summed E-state index contributed by atoms with van der Waals surface area (Å²) in [6.45, 7) is 0.678. The van der Waals surface area contributed by atoms with Crippen molar-refractivity contribution in [2.24, 2.45) is 0 Å². The highest BCUT2D eigenvalue weighted by Crippen LogP contribution is 2.15. The summed E-state index contributed by atoms with van der Waals surface area (Å²) in [5.41, 5.74) is 0. The molecule has 0 fully saturated rings. The van der Waals surface area contributed by atoms with Crippen LogP contribution in [-0.2, 0) is 5.75 Å². The summed E-state index contributed by atoms with van der Waals surface area (Å²) in [5.74, 6) is 2.36. The van der Waals surface area contributed by atoms with E-state index in [0.717, 1.165) is 21.5 Å². The second-order valence-corrected chi connectivity index (χ2v) is 6.07. The summed E-state index contributed by atoms with van der Waals surface area (Å²) < 4.78 is 11.6. The van der Waals surface area contributed by atoms with Crippen LogP contribution in [0.1, 0.15) is 12.3 Å². The molecule has 5 nitrogen and oxygen atoms in total. The minimum atomic E-state index is -0.502. The molecule has 1 aromatic carbocycles. The van der Waals surface area contributed by atoms with Gasteiger partial charge in [-0.2, -0.15) is 11.8 Å². The van der Waals surface area contributed by atoms with Crippen molar-refractivity contribution in [2.45, 2.75) is 12.2 Å². The zero-order chi connectivity index (χ0) is 13.5. The zero-order valence-corrected chi connectivity index (χ0v) is 13.1. The quantitative estimate of drug-likeness (QED) is 0.580. The van der Waals surface area contributed by atoms with Gasteiger partial charge in [0, 0.05) is 3.57 Å². The molecule has 0 aliphatic rings. The molecule has 0 saturated carbocycles. The predicted octanol–water partition coefficient (Wildman–Crippen LogP) is 2.67. The van der Waals surface area contributed by atoms with Gasteiger partial charge < -0.3 is 9.15 Å². The number of nitrogens with zero attached hydrogens (tertiary/aromatic N) is 1. The highest BCUT2D eigenvalue weighted by atomic mass is 127. The van der Waals surface area contributed by atoms with E-state index in [9.17, 15) is 4.79 Å². The summed E-state index contributed by atoms with van der Waals surface area (Å²) in [6.07, 6.45) is 0.935. The fourth-order valence-corrected chi connectivity index (χ4v) is 2.67. The van der Waals surface area contributed by atoms with Crippen molar-refractivity contribution in [3.63, 3.8) is 0 Å². The molecule has 2 rings (SSSR count). The molecule has 0 bridgehead atoms. The molecule has 0 amide bonds. The molecule has 0 aliphatic carbocycles. The fourth-order valence-electron chi connectivity index (χ4n) is 1.39. The number of aromatic amines is 1. The lowest BCUT2D eigenvalue weighted by Gasteiger charge is -2.05. The van der Waals surface area contributed by atoms with Crippen LogP contribution in [0.4, 0.5) is 0 Å². The van der Waals surface area contributed by atoms with Crippen molar-refractivity contribution in [1.82, 2.24) is 10.2 Å². The average molecular weight is 392 g/mol. The average Bonchev–Trinajstić information content (AvgIpc) is 2.79. The number of nitrogens with one attached hydrogen (secondary N) is 1. The van der Waals surface area contributed by atoms with E-state index < -0.39 is 5.76 Å². The highest BCUT2D eigenvalue weighted by Gasteiger charge is 2.01. The second kappa shape index (κ2) is 7.59. The number of thioether (sulfide) groups is 1. The lowest BCUT2D eigenvalue weighted by Crippen LogP contribution is -1.99. The third-order valence-corrected chi connectivity index (χ3v) is 3.91. The molecule has 7 heteroatoms. The number of ether oxygens (including phenoxy) is 1. The van der Waals surface area contributed by atoms with E-state index in [1.54, 1.807) is 11.8 Å². The van der Waals surface area contributed by atoms with Gasteiger partial charge in [-0.15, -0.1) is 5.10 Å². The molecule has 1 heterocycles. The predicted molar refractivity (Wildman–Crippen MR) is 82.6 cm³/mol. The number of benzene rings is 1. The number of halogens is 1. The van der Waals surface area contributed by atoms with Gasteiger partial charge in [0.05, 0.1) is 12.4 Å². The zero-order valence-electron chi connectivity index (χ0n) is 10.1. The summed E-state index contributed by atoms with van der Waals surface area (Å²) >= 11 is 3.92. The highest BCUT2D eigenvalue weighted by molar-refractivity contribution is 14.1. The van der Waals surface area contributed by atoms with Crippen LogP contribution < -0.4 is 10.5 Å². The summed E-state index contributed by atoms with van der Waals surface area (Å²) in [5, 5.41) is 5.97. The van der Waals surface area contributed by atoms with Crippen molar-refractivity contribution < 1.29 is 9.15 Å². The molecule has 0 radical (unpaired) electrons. The van der Waals surface area contributed by atoms with Crippen molar-refractivity contribution in [1.29, 1.82) is 0 Å². The standard InChI is InChI=1S/C12H13IN2O3S/c13-9-3-1-4-10(7-9)17-5-2-6-19-8-11-14-15-12(16)18-11/h1,3-4,7H,2,5-6,8H2,(H,15,16). The molecule has 2 aromatic rings. The summed E-state index contributed by atoms with van der Waals surface area (Å²) in [6, 6.07) is 7.96. The fraction of sp³-hybridized carbons (Fsp3) is 0.333. The normalized spacial score (nSPS) is 10.6. The summed E-state index contributed by atoms with van der Waals surface area (Å²) in [4.78, 5) is 10.7. The number of hydrogen-bond donors (Lipinski definition) is 1. The van der Waals surface area contributed by atoms with E-state index in [1.165, 1.54) is 0 Å². The number of H-pyrrole nitrogens is 1. The largest absolute Gasteiger partial charge is 0.494 e. The first-order valence-corrected chi connectivity index (χ1v) is 7.98. The van der Waals surface area contributed by atoms with E-state index in [-0.39, 0.29) is 0 Å². The molecule has 1 aromatic heterocycles. The van der Waals surface area contributed by atoms with Gasteiger partial charge in [-0.05, 0) is 53.0 Å². The molecule has 1 N–H and O–H groups in total. The Morgan fingerprint density at radius 3 is 3.11 bits per heavy atom. The first-order valence-electron chi connectivity index (χ1n) is 5.74. The molecule has 0 unspecified atom stereocenters. The van der Waals surface area contributed by atoms with Crippen LogP contribution in [0.3, 0.4) is 0 Å². The van der Waals surface area contributed by atoms with E-state index in [2.05, 4.69) is 32.8 Å². The van der Waals surface area contributed by atoms with Crippen LogP contribution >= 0.6 is 34.4 Å². The Balaban J connectivity index is 1.58. The lowest BCUT2D eigenvalue weighted by atomic mass is 10.3. The van der Waals surface area contributed by atoms with Gasteiger partial charge in [0.25, 0.3) is 0 Å². The Morgan fingerprint density at radius 1 is 1.47 bits per heavy atom. The van der Waals surface area contributed by atoms with Crippen LogP contribution in [0, 0.1) is 3.57 Å². The van der Waals surface area contributed by atoms with Crippen LogP contribution in [0.15, 0.2) is 33.5 Å². The van der Waals surface area contributed by atoms with Gasteiger partial charge in [-0.1, -0.05) is 6.07 Å². The van der Waals surface area contributed by atoms with Crippen molar-refractivity contribution in [2.75, 3.05) is 12.4 Å². The molecule has 102 valence electrons. The van der Waals surface area contributed by atoms with Crippen LogP contribution in [-0.4, -0.2) is 22.6 Å². The maximum Gasteiger partial charge on any atom is 0.434 e. The van der Waals surface area contributed by atoms with Crippen molar-refractivity contribution >= 4 is 34.4 Å². The number of hydrogen-bond acceptors (Lipinski definition) is 5. The van der Waals surface area contributed by atoms with Gasteiger partial charge in [-0.3, -0.25) is 0 Å². The Labute approximate surface area is 128 Å². The lowest BCUT2D eigenvalue weighted by molar-refractivity contribution is 0.318. The minimum absolute atomic E-state index is 0.438. The van der Waals surface area contributed by atoms with Crippen molar-refractivity contribution in [3.05, 3.63) is 44.3 Å². The van der Waals surface area contributed by atoms with Gasteiger partial charge >= 0.3 is 5.76 Å². The molecular formula is C12H13IN2O3S. The number of aromatic nitrogens is 2. The van der Waals surface area contributed by atoms with E-state index >= 15 is 0 Å². The van der Waals surface area contributed by atoms with E-state index in [1.807, 2.05) is 24.3 Å². The molecular weight excluding hydrogens is 379 g/mol. The topological polar surface area (TPSA) is 68.1 Å². The van der Waals surface area contributed by atoms with Crippen molar-refractivity contribution in [3.8, 4) is 5.75 Å². The third-order valence-electron chi connectivity index (χ3n) is 2.21. The molecule has 0 aliphatic heterocycles. The van der Waals surface area contributed by atoms with Crippen LogP contribution in [0.2, 0.25) is 0 Å². The Kier molecular flexibility index (Phi) is 5.77. The molecule has 19 heavy (non-hydrogen) atoms. The monoisotopic (exact) mass is 392 g/mol. The Hall–Kier alpha value is -0.960. The SMILES string of the molecule is O=c1[nH]nc(CSCCCOc2cccc(I)c2)o1.